The van der Waals surface area contributed by atoms with Crippen LogP contribution in [0.1, 0.15) is 13.3 Å². The molecule has 0 aliphatic carbocycles. The second kappa shape index (κ2) is 7.03. The van der Waals surface area contributed by atoms with Crippen molar-refractivity contribution in [3.05, 3.63) is 0 Å². The fourth-order valence-corrected chi connectivity index (χ4v) is 0.953. The molecule has 0 spiro atoms. The van der Waals surface area contributed by atoms with Crippen molar-refractivity contribution >= 4 is 5.97 Å². The first-order chi connectivity index (χ1) is 5.74. The predicted molar refractivity (Wildman–Crippen MR) is 44.7 cm³/mol. The second-order valence-corrected chi connectivity index (χ2v) is 2.54. The van der Waals surface area contributed by atoms with Gasteiger partial charge in [0.25, 0.3) is 0 Å². The van der Waals surface area contributed by atoms with Gasteiger partial charge in [-0.3, -0.25) is 9.69 Å². The maximum atomic E-state index is 11.9. The first kappa shape index (κ1) is 11.4. The Labute approximate surface area is 72.5 Å². The SMILES string of the molecule is CCCN(CCF)CC(=O)OC. The lowest BCUT2D eigenvalue weighted by Crippen LogP contribution is -2.32. The lowest BCUT2D eigenvalue weighted by atomic mass is 10.4. The molecule has 0 radical (unpaired) electrons. The zero-order chi connectivity index (χ0) is 9.40. The maximum Gasteiger partial charge on any atom is 0.319 e. The first-order valence-electron chi connectivity index (χ1n) is 4.09. The molecule has 3 nitrogen and oxygen atoms in total. The van der Waals surface area contributed by atoms with Crippen LogP contribution in [0, 0.1) is 0 Å². The van der Waals surface area contributed by atoms with Crippen LogP contribution in [0.4, 0.5) is 4.39 Å². The number of ether oxygens (including phenoxy) is 1. The molecule has 0 aliphatic heterocycles. The van der Waals surface area contributed by atoms with Crippen molar-refractivity contribution in [3.8, 4) is 0 Å². The molecule has 0 fully saturated rings. The largest absolute Gasteiger partial charge is 0.468 e. The van der Waals surface area contributed by atoms with Crippen molar-refractivity contribution < 1.29 is 13.9 Å². The fraction of sp³-hybridized carbons (Fsp3) is 0.875. The molecule has 0 aromatic rings. The maximum absolute atomic E-state index is 11.9. The average molecular weight is 177 g/mol. The van der Waals surface area contributed by atoms with Gasteiger partial charge in [0, 0.05) is 6.54 Å². The number of rotatable bonds is 6. The molecule has 0 aromatic heterocycles. The summed E-state index contributed by atoms with van der Waals surface area (Å²) in [7, 11) is 1.34. The Balaban J connectivity index is 3.68. The average Bonchev–Trinajstić information content (AvgIpc) is 2.05. The Morgan fingerprint density at radius 2 is 2.17 bits per heavy atom. The van der Waals surface area contributed by atoms with Gasteiger partial charge in [0.2, 0.25) is 0 Å². The van der Waals surface area contributed by atoms with Crippen molar-refractivity contribution in [2.75, 3.05) is 33.4 Å². The molecular formula is C8H16FNO2. The normalized spacial score (nSPS) is 10.3. The van der Waals surface area contributed by atoms with E-state index >= 15 is 0 Å². The molecule has 0 atom stereocenters. The third-order valence-electron chi connectivity index (χ3n) is 1.52. The molecule has 0 amide bonds. The van der Waals surface area contributed by atoms with Gasteiger partial charge >= 0.3 is 5.97 Å². The molecule has 0 saturated carbocycles. The van der Waals surface area contributed by atoms with Crippen molar-refractivity contribution in [1.29, 1.82) is 0 Å². The molecule has 12 heavy (non-hydrogen) atoms. The second-order valence-electron chi connectivity index (χ2n) is 2.54. The highest BCUT2D eigenvalue weighted by Gasteiger charge is 2.08. The molecule has 0 rings (SSSR count). The van der Waals surface area contributed by atoms with Crippen molar-refractivity contribution in [2.45, 2.75) is 13.3 Å². The third kappa shape index (κ3) is 5.07. The van der Waals surface area contributed by atoms with Gasteiger partial charge in [0.1, 0.15) is 6.67 Å². The topological polar surface area (TPSA) is 29.5 Å². The van der Waals surface area contributed by atoms with Crippen LogP contribution in [-0.4, -0.2) is 44.3 Å². The summed E-state index contributed by atoms with van der Waals surface area (Å²) in [5.74, 6) is -0.308. The van der Waals surface area contributed by atoms with Gasteiger partial charge in [-0.05, 0) is 13.0 Å². The molecule has 0 unspecified atom stereocenters. The Morgan fingerprint density at radius 1 is 1.50 bits per heavy atom. The number of nitrogens with zero attached hydrogens (tertiary/aromatic N) is 1. The van der Waals surface area contributed by atoms with Crippen molar-refractivity contribution in [3.63, 3.8) is 0 Å². The van der Waals surface area contributed by atoms with E-state index < -0.39 is 6.67 Å². The number of hydrogen-bond donors (Lipinski definition) is 0. The highest BCUT2D eigenvalue weighted by atomic mass is 19.1. The molecule has 0 aliphatic rings. The van der Waals surface area contributed by atoms with E-state index in [9.17, 15) is 9.18 Å². The predicted octanol–water partition coefficient (Wildman–Crippen LogP) is 0.841. The Hall–Kier alpha value is -0.640. The highest BCUT2D eigenvalue weighted by Crippen LogP contribution is 1.92. The van der Waals surface area contributed by atoms with Gasteiger partial charge in [0.15, 0.2) is 0 Å². The quantitative estimate of drug-likeness (QED) is 0.563. The number of halogens is 1. The summed E-state index contributed by atoms with van der Waals surface area (Å²) in [6.45, 7) is 2.80. The summed E-state index contributed by atoms with van der Waals surface area (Å²) < 4.78 is 16.4. The van der Waals surface area contributed by atoms with Gasteiger partial charge < -0.3 is 4.74 Å². The van der Waals surface area contributed by atoms with Crippen molar-refractivity contribution in [1.82, 2.24) is 4.90 Å². The molecule has 0 bridgehead atoms. The van der Waals surface area contributed by atoms with Crippen LogP contribution in [0.25, 0.3) is 0 Å². The highest BCUT2D eigenvalue weighted by molar-refractivity contribution is 5.71. The minimum Gasteiger partial charge on any atom is -0.468 e. The zero-order valence-corrected chi connectivity index (χ0v) is 7.68. The number of esters is 1. The number of alkyl halides is 1. The summed E-state index contributed by atoms with van der Waals surface area (Å²) in [5, 5.41) is 0. The van der Waals surface area contributed by atoms with Gasteiger partial charge in [-0.1, -0.05) is 6.92 Å². The summed E-state index contributed by atoms with van der Waals surface area (Å²) >= 11 is 0. The smallest absolute Gasteiger partial charge is 0.319 e. The van der Waals surface area contributed by atoms with E-state index in [1.54, 1.807) is 4.90 Å². The monoisotopic (exact) mass is 177 g/mol. The van der Waals surface area contributed by atoms with Crippen molar-refractivity contribution in [2.24, 2.45) is 0 Å². The number of methoxy groups -OCH3 is 1. The number of hydrogen-bond acceptors (Lipinski definition) is 3. The van der Waals surface area contributed by atoms with Crippen LogP contribution in [0.5, 0.6) is 0 Å². The summed E-state index contributed by atoms with van der Waals surface area (Å²) in [5.41, 5.74) is 0. The van der Waals surface area contributed by atoms with Crippen LogP contribution in [0.3, 0.4) is 0 Å². The van der Waals surface area contributed by atoms with Crippen LogP contribution < -0.4 is 0 Å². The van der Waals surface area contributed by atoms with Crippen LogP contribution in [0.2, 0.25) is 0 Å². The minimum absolute atomic E-state index is 0.189. The Morgan fingerprint density at radius 3 is 2.58 bits per heavy atom. The number of carbonyl (C=O) groups is 1. The van der Waals surface area contributed by atoms with E-state index in [1.165, 1.54) is 7.11 Å². The van der Waals surface area contributed by atoms with Gasteiger partial charge in [-0.15, -0.1) is 0 Å². The van der Waals surface area contributed by atoms with Gasteiger partial charge in [-0.25, -0.2) is 4.39 Å². The third-order valence-corrected chi connectivity index (χ3v) is 1.52. The van der Waals surface area contributed by atoms with E-state index in [-0.39, 0.29) is 12.5 Å². The molecular weight excluding hydrogens is 161 g/mol. The Kier molecular flexibility index (Phi) is 6.66. The Bertz CT molecular complexity index is 124. The van der Waals surface area contributed by atoms with Gasteiger partial charge in [-0.2, -0.15) is 0 Å². The standard InChI is InChI=1S/C8H16FNO2/c1-3-5-10(6-4-9)7-8(11)12-2/h3-7H2,1-2H3. The zero-order valence-electron chi connectivity index (χ0n) is 7.68. The lowest BCUT2D eigenvalue weighted by Gasteiger charge is -2.17. The molecule has 0 N–H and O–H groups in total. The summed E-state index contributed by atoms with van der Waals surface area (Å²) in [6.07, 6.45) is 0.914. The number of carbonyl (C=O) groups excluding carboxylic acids is 1. The van der Waals surface area contributed by atoms with Crippen LogP contribution in [0.15, 0.2) is 0 Å². The molecule has 0 aromatic carbocycles. The van der Waals surface area contributed by atoms with E-state index in [0.717, 1.165) is 13.0 Å². The van der Waals surface area contributed by atoms with Crippen LogP contribution >= 0.6 is 0 Å². The minimum atomic E-state index is -0.420. The lowest BCUT2D eigenvalue weighted by molar-refractivity contribution is -0.141. The molecule has 4 heteroatoms. The first-order valence-corrected chi connectivity index (χ1v) is 4.09. The van der Waals surface area contributed by atoms with Crippen LogP contribution in [-0.2, 0) is 9.53 Å². The van der Waals surface area contributed by atoms with E-state index in [0.29, 0.717) is 6.54 Å². The molecule has 0 heterocycles. The summed E-state index contributed by atoms with van der Waals surface area (Å²) in [6, 6.07) is 0. The fourth-order valence-electron chi connectivity index (χ4n) is 0.953. The van der Waals surface area contributed by atoms with E-state index in [4.69, 9.17) is 0 Å². The van der Waals surface area contributed by atoms with E-state index in [1.807, 2.05) is 6.92 Å². The van der Waals surface area contributed by atoms with Gasteiger partial charge in [0.05, 0.1) is 13.7 Å². The van der Waals surface area contributed by atoms with E-state index in [2.05, 4.69) is 4.74 Å². The summed E-state index contributed by atoms with van der Waals surface area (Å²) in [4.78, 5) is 12.5. The molecule has 0 saturated heterocycles. The molecule has 72 valence electrons.